The Labute approximate surface area is 362 Å². The summed E-state index contributed by atoms with van der Waals surface area (Å²) < 4.78 is 42.8. The van der Waals surface area contributed by atoms with E-state index in [-0.39, 0.29) is 11.3 Å². The SMILES string of the molecule is [2H]C([2H])([2H])c1c(C)cc(-c2cnc(-c3cccc(Oc4ccc5c6ccccc6n(-c6cc(C)ccn6)c5c4)c3)cn2)cc1Oc1ccc2c3ccccc3n(-c3cc(C)ccn3)c2c1. The van der Waals surface area contributed by atoms with Gasteiger partial charge in [0.25, 0.3) is 0 Å². The van der Waals surface area contributed by atoms with Crippen LogP contribution in [0.1, 0.15) is 26.4 Å². The zero-order valence-corrected chi connectivity index (χ0v) is 34.2. The van der Waals surface area contributed by atoms with E-state index >= 15 is 0 Å². The molecule has 62 heavy (non-hydrogen) atoms. The summed E-state index contributed by atoms with van der Waals surface area (Å²) in [6, 6.07) is 47.9. The lowest BCUT2D eigenvalue weighted by Crippen LogP contribution is -1.98. The molecule has 298 valence electrons. The minimum Gasteiger partial charge on any atom is -0.457 e. The van der Waals surface area contributed by atoms with Crippen LogP contribution in [0.5, 0.6) is 23.0 Å². The summed E-state index contributed by atoms with van der Waals surface area (Å²) in [4.78, 5) is 19.0. The van der Waals surface area contributed by atoms with E-state index in [0.29, 0.717) is 39.8 Å². The Morgan fingerprint density at radius 1 is 0.452 bits per heavy atom. The van der Waals surface area contributed by atoms with Crippen LogP contribution in [0.25, 0.3) is 77.8 Å². The summed E-state index contributed by atoms with van der Waals surface area (Å²) in [5.41, 5.74) is 9.60. The maximum absolute atomic E-state index is 8.49. The number of hydrogen-bond donors (Lipinski definition) is 0. The largest absolute Gasteiger partial charge is 0.457 e. The fourth-order valence-electron chi connectivity index (χ4n) is 8.40. The summed E-state index contributed by atoms with van der Waals surface area (Å²) in [7, 11) is 0. The third kappa shape index (κ3) is 6.49. The van der Waals surface area contributed by atoms with E-state index in [2.05, 4.69) is 64.6 Å². The lowest BCUT2D eigenvalue weighted by atomic mass is 10.0. The van der Waals surface area contributed by atoms with Gasteiger partial charge in [-0.3, -0.25) is 19.1 Å². The molecule has 5 heterocycles. The summed E-state index contributed by atoms with van der Waals surface area (Å²) in [5, 5.41) is 4.36. The van der Waals surface area contributed by atoms with Crippen LogP contribution in [0.4, 0.5) is 0 Å². The highest BCUT2D eigenvalue weighted by Gasteiger charge is 2.17. The number of fused-ring (bicyclic) bond motifs is 6. The molecule has 0 aliphatic heterocycles. The topological polar surface area (TPSA) is 79.9 Å². The standard InChI is InChI=1S/C54H40N6O2/c1-33-20-22-55-53(24-33)59-48-14-7-5-12-42(48)44-18-16-40(29-50(44)59)61-39-11-9-10-37(27-39)46-31-58-47(32-57-46)38-26-35(3)36(4)52(28-38)62-41-17-19-45-43-13-6-8-15-49(43)60(51(45)30-41)54-25-34(2)21-23-56-54/h5-32H,1-4H3/i4D3. The van der Waals surface area contributed by atoms with Gasteiger partial charge in [-0.05, 0) is 135 Å². The monoisotopic (exact) mass is 807 g/mol. The fraction of sp³-hybridized carbons (Fsp3) is 0.0741. The Morgan fingerprint density at radius 2 is 1.00 bits per heavy atom. The molecular weight excluding hydrogens is 765 g/mol. The summed E-state index contributed by atoms with van der Waals surface area (Å²) in [6.45, 7) is 3.46. The molecule has 5 aromatic heterocycles. The molecule has 0 aliphatic rings. The van der Waals surface area contributed by atoms with Crippen LogP contribution in [0, 0.1) is 27.6 Å². The predicted molar refractivity (Wildman–Crippen MR) is 249 cm³/mol. The Kier molecular flexibility index (Phi) is 8.08. The molecule has 0 aliphatic carbocycles. The highest BCUT2D eigenvalue weighted by molar-refractivity contribution is 6.10. The van der Waals surface area contributed by atoms with E-state index in [1.54, 1.807) is 31.6 Å². The van der Waals surface area contributed by atoms with Crippen LogP contribution in [-0.2, 0) is 0 Å². The highest BCUT2D eigenvalue weighted by atomic mass is 16.5. The number of aryl methyl sites for hydroxylation is 3. The Hall–Kier alpha value is -8.10. The van der Waals surface area contributed by atoms with Gasteiger partial charge < -0.3 is 9.47 Å². The molecule has 0 amide bonds. The minimum atomic E-state index is -2.44. The molecule has 0 saturated heterocycles. The molecule has 11 aromatic rings. The van der Waals surface area contributed by atoms with Gasteiger partial charge in [0.2, 0.25) is 0 Å². The van der Waals surface area contributed by atoms with Crippen molar-refractivity contribution < 1.29 is 13.6 Å². The first-order valence-electron chi connectivity index (χ1n) is 21.9. The van der Waals surface area contributed by atoms with Crippen molar-refractivity contribution in [3.63, 3.8) is 0 Å². The number of rotatable bonds is 8. The first-order valence-corrected chi connectivity index (χ1v) is 20.4. The highest BCUT2D eigenvalue weighted by Crippen LogP contribution is 2.39. The normalized spacial score (nSPS) is 12.5. The molecule has 0 N–H and O–H groups in total. The third-order valence-corrected chi connectivity index (χ3v) is 11.4. The van der Waals surface area contributed by atoms with Crippen LogP contribution in [0.15, 0.2) is 170 Å². The number of ether oxygens (including phenoxy) is 2. The second-order valence-electron chi connectivity index (χ2n) is 15.6. The molecule has 0 bridgehead atoms. The van der Waals surface area contributed by atoms with Crippen LogP contribution < -0.4 is 9.47 Å². The first-order chi connectivity index (χ1) is 31.6. The predicted octanol–water partition coefficient (Wildman–Crippen LogP) is 13.6. The van der Waals surface area contributed by atoms with Crippen molar-refractivity contribution >= 4 is 43.6 Å². The first kappa shape index (κ1) is 33.7. The second-order valence-corrected chi connectivity index (χ2v) is 15.6. The third-order valence-electron chi connectivity index (χ3n) is 11.4. The number of pyridine rings is 2. The molecule has 8 heteroatoms. The molecule has 0 atom stereocenters. The van der Waals surface area contributed by atoms with Gasteiger partial charge in [0.15, 0.2) is 0 Å². The van der Waals surface area contributed by atoms with E-state index in [9.17, 15) is 0 Å². The maximum atomic E-state index is 8.49. The quantitative estimate of drug-likeness (QED) is 0.152. The Balaban J connectivity index is 0.902. The van der Waals surface area contributed by atoms with Gasteiger partial charge in [0.1, 0.15) is 34.6 Å². The van der Waals surface area contributed by atoms with Gasteiger partial charge in [0.05, 0.1) is 45.8 Å². The van der Waals surface area contributed by atoms with Crippen molar-refractivity contribution in [1.82, 2.24) is 29.1 Å². The average molecular weight is 808 g/mol. The lowest BCUT2D eigenvalue weighted by Gasteiger charge is -2.14. The molecule has 0 fully saturated rings. The van der Waals surface area contributed by atoms with E-state index < -0.39 is 6.85 Å². The van der Waals surface area contributed by atoms with Crippen LogP contribution in [0.2, 0.25) is 0 Å². The molecule has 6 aromatic carbocycles. The van der Waals surface area contributed by atoms with Crippen LogP contribution in [0.3, 0.4) is 0 Å². The minimum absolute atomic E-state index is 0.135. The molecule has 0 unspecified atom stereocenters. The number of para-hydroxylation sites is 2. The molecule has 0 saturated carbocycles. The van der Waals surface area contributed by atoms with Crippen molar-refractivity contribution in [3.05, 3.63) is 193 Å². The zero-order valence-electron chi connectivity index (χ0n) is 37.2. The van der Waals surface area contributed by atoms with Crippen molar-refractivity contribution in [2.75, 3.05) is 0 Å². The van der Waals surface area contributed by atoms with Gasteiger partial charge in [-0.2, -0.15) is 0 Å². The van der Waals surface area contributed by atoms with Crippen LogP contribution in [-0.4, -0.2) is 29.1 Å². The number of hydrogen-bond acceptors (Lipinski definition) is 6. The second kappa shape index (κ2) is 14.9. The summed E-state index contributed by atoms with van der Waals surface area (Å²) in [6.07, 6.45) is 7.05. The summed E-state index contributed by atoms with van der Waals surface area (Å²) in [5.74, 6) is 3.68. The molecule has 8 nitrogen and oxygen atoms in total. The number of aromatic nitrogens is 6. The molecular formula is C54H40N6O2. The smallest absolute Gasteiger partial charge is 0.137 e. The van der Waals surface area contributed by atoms with Gasteiger partial charge in [-0.1, -0.05) is 48.5 Å². The summed E-state index contributed by atoms with van der Waals surface area (Å²) >= 11 is 0. The Morgan fingerprint density at radius 3 is 1.58 bits per heavy atom. The van der Waals surface area contributed by atoms with Gasteiger partial charge in [-0.15, -0.1) is 0 Å². The van der Waals surface area contributed by atoms with E-state index in [4.69, 9.17) is 33.5 Å². The average Bonchev–Trinajstić information content (AvgIpc) is 3.80. The van der Waals surface area contributed by atoms with Gasteiger partial charge >= 0.3 is 0 Å². The fourth-order valence-corrected chi connectivity index (χ4v) is 8.40. The maximum Gasteiger partial charge on any atom is 0.137 e. The molecule has 11 rings (SSSR count). The van der Waals surface area contributed by atoms with Crippen molar-refractivity contribution in [3.8, 4) is 57.1 Å². The van der Waals surface area contributed by atoms with Crippen molar-refractivity contribution in [1.29, 1.82) is 0 Å². The van der Waals surface area contributed by atoms with Crippen molar-refractivity contribution in [2.45, 2.75) is 27.6 Å². The number of nitrogens with zero attached hydrogens (tertiary/aromatic N) is 6. The Bertz CT molecular complexity index is 3650. The molecule has 0 spiro atoms. The van der Waals surface area contributed by atoms with E-state index in [1.807, 2.05) is 104 Å². The zero-order chi connectivity index (χ0) is 44.4. The van der Waals surface area contributed by atoms with Gasteiger partial charge in [-0.25, -0.2) is 9.97 Å². The lowest BCUT2D eigenvalue weighted by molar-refractivity contribution is 0.479. The molecule has 0 radical (unpaired) electrons. The van der Waals surface area contributed by atoms with Gasteiger partial charge in [0, 0.05) is 61.3 Å². The van der Waals surface area contributed by atoms with E-state index in [0.717, 1.165) is 71.9 Å². The number of benzene rings is 6. The van der Waals surface area contributed by atoms with Crippen LogP contribution >= 0.6 is 0 Å². The van der Waals surface area contributed by atoms with E-state index in [1.165, 1.54) is 0 Å². The van der Waals surface area contributed by atoms with Crippen molar-refractivity contribution in [2.24, 2.45) is 0 Å².